The van der Waals surface area contributed by atoms with Crippen molar-refractivity contribution >= 4 is 11.9 Å². The molecule has 4 nitrogen and oxygen atoms in total. The smallest absolute Gasteiger partial charge is 0.417 e. The summed E-state index contributed by atoms with van der Waals surface area (Å²) in [6.45, 7) is -1.36. The van der Waals surface area contributed by atoms with Crippen molar-refractivity contribution in [1.29, 1.82) is 0 Å². The molecule has 0 fully saturated rings. The average Bonchev–Trinajstić information content (AvgIpc) is 1.82. The molecule has 0 saturated heterocycles. The Kier molecular flexibility index (Phi) is 3.34. The van der Waals surface area contributed by atoms with Crippen molar-refractivity contribution in [3.05, 3.63) is 0 Å². The number of carboxylic acids is 1. The summed E-state index contributed by atoms with van der Waals surface area (Å²) in [6, 6.07) is 0. The van der Waals surface area contributed by atoms with Crippen molar-refractivity contribution in [2.75, 3.05) is 13.3 Å². The van der Waals surface area contributed by atoms with Crippen molar-refractivity contribution in [1.82, 2.24) is 0 Å². The van der Waals surface area contributed by atoms with Gasteiger partial charge in [0.15, 0.2) is 0 Å². The predicted molar refractivity (Wildman–Crippen MR) is 24.6 cm³/mol. The van der Waals surface area contributed by atoms with Gasteiger partial charge in [0.1, 0.15) is 13.3 Å². The van der Waals surface area contributed by atoms with Crippen LogP contribution in [0.15, 0.2) is 0 Å². The summed E-state index contributed by atoms with van der Waals surface area (Å²) in [5.41, 5.74) is 0. The van der Waals surface area contributed by atoms with E-state index in [1.807, 2.05) is 0 Å². The van der Waals surface area contributed by atoms with Gasteiger partial charge in [-0.15, -0.1) is 0 Å². The van der Waals surface area contributed by atoms with Crippen LogP contribution in [-0.2, 0) is 14.3 Å². The lowest BCUT2D eigenvalue weighted by Gasteiger charge is -1.93. The fraction of sp³-hybridized carbons (Fsp3) is 0.500. The van der Waals surface area contributed by atoms with Gasteiger partial charge in [-0.3, -0.25) is 0 Å². The largest absolute Gasteiger partial charge is 0.473 e. The summed E-state index contributed by atoms with van der Waals surface area (Å²) in [5.74, 6) is -3.13. The van der Waals surface area contributed by atoms with Crippen LogP contribution < -0.4 is 0 Å². The van der Waals surface area contributed by atoms with Crippen LogP contribution in [0.5, 0.6) is 0 Å². The fourth-order valence-electron chi connectivity index (χ4n) is 0.193. The first-order valence-electron chi connectivity index (χ1n) is 2.14. The minimum atomic E-state index is -1.71. The van der Waals surface area contributed by atoms with Gasteiger partial charge in [-0.25, -0.2) is 14.0 Å². The van der Waals surface area contributed by atoms with Gasteiger partial charge < -0.3 is 9.84 Å². The van der Waals surface area contributed by atoms with Crippen LogP contribution in [0.1, 0.15) is 0 Å². The zero-order valence-corrected chi connectivity index (χ0v) is 4.46. The first kappa shape index (κ1) is 7.87. The maximum atomic E-state index is 11.1. The molecule has 52 valence electrons. The minimum absolute atomic E-state index is 0.495. The van der Waals surface area contributed by atoms with E-state index in [0.717, 1.165) is 0 Å². The van der Waals surface area contributed by atoms with Gasteiger partial charge in [-0.1, -0.05) is 0 Å². The second-order valence-electron chi connectivity index (χ2n) is 1.13. The van der Waals surface area contributed by atoms with Crippen LogP contribution in [-0.4, -0.2) is 30.3 Å². The molecule has 0 aromatic heterocycles. The molecule has 0 radical (unpaired) electrons. The summed E-state index contributed by atoms with van der Waals surface area (Å²) < 4.78 is 15.0. The third-order valence-corrected chi connectivity index (χ3v) is 0.485. The SMILES string of the molecule is O=C(O)C(=O)OCCF. The Balaban J connectivity index is 3.39. The molecule has 0 aliphatic rings. The minimum Gasteiger partial charge on any atom is -0.473 e. The molecule has 5 heteroatoms. The topological polar surface area (TPSA) is 63.6 Å². The van der Waals surface area contributed by atoms with E-state index in [1.165, 1.54) is 0 Å². The van der Waals surface area contributed by atoms with Crippen LogP contribution in [0, 0.1) is 0 Å². The summed E-state index contributed by atoms with van der Waals surface area (Å²) >= 11 is 0. The van der Waals surface area contributed by atoms with Crippen LogP contribution in [0.2, 0.25) is 0 Å². The lowest BCUT2D eigenvalue weighted by atomic mass is 10.7. The number of hydrogen-bond acceptors (Lipinski definition) is 3. The maximum Gasteiger partial charge on any atom is 0.417 e. The number of alkyl halides is 1. The van der Waals surface area contributed by atoms with E-state index in [-0.39, 0.29) is 0 Å². The quantitative estimate of drug-likeness (QED) is 0.413. The molecule has 0 saturated carbocycles. The summed E-state index contributed by atoms with van der Waals surface area (Å²) in [4.78, 5) is 19.5. The molecule has 0 spiro atoms. The molecular weight excluding hydrogens is 131 g/mol. The van der Waals surface area contributed by atoms with E-state index in [2.05, 4.69) is 4.74 Å². The van der Waals surface area contributed by atoms with Gasteiger partial charge in [0.2, 0.25) is 0 Å². The molecule has 9 heavy (non-hydrogen) atoms. The molecule has 0 unspecified atom stereocenters. The van der Waals surface area contributed by atoms with Crippen molar-refractivity contribution in [2.24, 2.45) is 0 Å². The molecular formula is C4H5FO4. The summed E-state index contributed by atoms with van der Waals surface area (Å²) in [7, 11) is 0. The molecule has 0 bridgehead atoms. The Morgan fingerprint density at radius 2 is 2.11 bits per heavy atom. The number of esters is 1. The van der Waals surface area contributed by atoms with Gasteiger partial charge >= 0.3 is 11.9 Å². The monoisotopic (exact) mass is 136 g/mol. The van der Waals surface area contributed by atoms with Gasteiger partial charge in [-0.2, -0.15) is 0 Å². The normalized spacial score (nSPS) is 8.56. The van der Waals surface area contributed by atoms with E-state index in [0.29, 0.717) is 0 Å². The second-order valence-corrected chi connectivity index (χ2v) is 1.13. The molecule has 0 aromatic carbocycles. The number of halogens is 1. The molecule has 0 amide bonds. The highest BCUT2D eigenvalue weighted by molar-refractivity contribution is 6.28. The zero-order chi connectivity index (χ0) is 7.28. The summed E-state index contributed by atoms with van der Waals surface area (Å²) in [6.07, 6.45) is 0. The molecule has 0 aliphatic carbocycles. The Labute approximate surface area is 50.2 Å². The number of rotatable bonds is 2. The van der Waals surface area contributed by atoms with E-state index in [4.69, 9.17) is 5.11 Å². The molecule has 0 aromatic rings. The highest BCUT2D eigenvalue weighted by atomic mass is 19.1. The predicted octanol–water partition coefficient (Wildman–Crippen LogP) is -0.416. The van der Waals surface area contributed by atoms with Crippen molar-refractivity contribution < 1.29 is 23.8 Å². The lowest BCUT2D eigenvalue weighted by molar-refractivity contribution is -0.164. The molecule has 0 heterocycles. The Morgan fingerprint density at radius 3 is 2.44 bits per heavy atom. The molecule has 0 rings (SSSR count). The Hall–Kier alpha value is -1.13. The number of ether oxygens (including phenoxy) is 1. The van der Waals surface area contributed by atoms with E-state index >= 15 is 0 Å². The number of aliphatic carboxylic acids is 1. The fourth-order valence-corrected chi connectivity index (χ4v) is 0.193. The Morgan fingerprint density at radius 1 is 1.56 bits per heavy atom. The molecule has 0 aliphatic heterocycles. The van der Waals surface area contributed by atoms with E-state index < -0.39 is 25.2 Å². The number of carbonyl (C=O) groups is 2. The van der Waals surface area contributed by atoms with Crippen LogP contribution in [0.25, 0.3) is 0 Å². The standard InChI is InChI=1S/C4H5FO4/c5-1-2-9-4(8)3(6)7/h1-2H2,(H,6,7). The Bertz CT molecular complexity index is 122. The third-order valence-electron chi connectivity index (χ3n) is 0.485. The van der Waals surface area contributed by atoms with Gasteiger partial charge in [0.25, 0.3) is 0 Å². The van der Waals surface area contributed by atoms with Crippen LogP contribution in [0.3, 0.4) is 0 Å². The first-order valence-corrected chi connectivity index (χ1v) is 2.14. The molecule has 1 N–H and O–H groups in total. The first-order chi connectivity index (χ1) is 4.18. The van der Waals surface area contributed by atoms with Crippen molar-refractivity contribution in [3.8, 4) is 0 Å². The van der Waals surface area contributed by atoms with Gasteiger partial charge in [0.05, 0.1) is 0 Å². The summed E-state index contributed by atoms with van der Waals surface area (Å²) in [5, 5.41) is 7.81. The lowest BCUT2D eigenvalue weighted by Crippen LogP contribution is -2.17. The van der Waals surface area contributed by atoms with Gasteiger partial charge in [0, 0.05) is 0 Å². The number of carboxylic acid groups (broad SMARTS) is 1. The van der Waals surface area contributed by atoms with Crippen molar-refractivity contribution in [2.45, 2.75) is 0 Å². The van der Waals surface area contributed by atoms with Gasteiger partial charge in [-0.05, 0) is 0 Å². The third kappa shape index (κ3) is 3.45. The highest BCUT2D eigenvalue weighted by Crippen LogP contribution is 1.78. The number of carbonyl (C=O) groups excluding carboxylic acids is 1. The molecule has 0 atom stereocenters. The van der Waals surface area contributed by atoms with Crippen molar-refractivity contribution in [3.63, 3.8) is 0 Å². The van der Waals surface area contributed by atoms with E-state index in [1.54, 1.807) is 0 Å². The average molecular weight is 136 g/mol. The van der Waals surface area contributed by atoms with Crippen LogP contribution >= 0.6 is 0 Å². The highest BCUT2D eigenvalue weighted by Gasteiger charge is 2.11. The maximum absolute atomic E-state index is 11.1. The van der Waals surface area contributed by atoms with Crippen LogP contribution in [0.4, 0.5) is 4.39 Å². The number of hydrogen-bond donors (Lipinski definition) is 1. The van der Waals surface area contributed by atoms with E-state index in [9.17, 15) is 14.0 Å². The second kappa shape index (κ2) is 3.82. The zero-order valence-electron chi connectivity index (χ0n) is 4.46.